The SMILES string of the molecule is CN(C)CCc1c[nH]c2ccc(Cc3nc(-c4ccc(C(N)=O)cc4)no3)cc12. The van der Waals surface area contributed by atoms with Gasteiger partial charge in [0.25, 0.3) is 0 Å². The van der Waals surface area contributed by atoms with Gasteiger partial charge in [0.15, 0.2) is 0 Å². The van der Waals surface area contributed by atoms with E-state index in [4.69, 9.17) is 10.3 Å². The molecule has 0 bridgehead atoms. The van der Waals surface area contributed by atoms with Gasteiger partial charge >= 0.3 is 0 Å². The van der Waals surface area contributed by atoms with E-state index >= 15 is 0 Å². The molecule has 0 unspecified atom stereocenters. The van der Waals surface area contributed by atoms with Crippen LogP contribution in [0.5, 0.6) is 0 Å². The van der Waals surface area contributed by atoms with Crippen LogP contribution in [0.2, 0.25) is 0 Å². The number of primary amides is 1. The van der Waals surface area contributed by atoms with Crippen molar-refractivity contribution < 1.29 is 9.32 Å². The number of rotatable bonds is 7. The number of fused-ring (bicyclic) bond motifs is 1. The fraction of sp³-hybridized carbons (Fsp3) is 0.227. The summed E-state index contributed by atoms with van der Waals surface area (Å²) in [6.45, 7) is 0.999. The van der Waals surface area contributed by atoms with Gasteiger partial charge in [0.1, 0.15) is 0 Å². The van der Waals surface area contributed by atoms with Gasteiger partial charge in [0, 0.05) is 34.8 Å². The van der Waals surface area contributed by atoms with Crippen LogP contribution < -0.4 is 5.73 Å². The molecule has 0 fully saturated rings. The second-order valence-electron chi connectivity index (χ2n) is 7.38. The molecule has 0 spiro atoms. The fourth-order valence-corrected chi connectivity index (χ4v) is 3.29. The summed E-state index contributed by atoms with van der Waals surface area (Å²) in [5, 5.41) is 5.29. The van der Waals surface area contributed by atoms with Crippen molar-refractivity contribution >= 4 is 16.8 Å². The van der Waals surface area contributed by atoms with Crippen molar-refractivity contribution in [2.45, 2.75) is 12.8 Å². The van der Waals surface area contributed by atoms with E-state index < -0.39 is 5.91 Å². The zero-order valence-corrected chi connectivity index (χ0v) is 16.5. The summed E-state index contributed by atoms with van der Waals surface area (Å²) in [4.78, 5) is 21.2. The maximum Gasteiger partial charge on any atom is 0.248 e. The highest BCUT2D eigenvalue weighted by molar-refractivity contribution is 5.93. The number of amides is 1. The molecule has 0 atom stereocenters. The number of hydrogen-bond donors (Lipinski definition) is 2. The lowest BCUT2D eigenvalue weighted by molar-refractivity contribution is 0.100. The van der Waals surface area contributed by atoms with Gasteiger partial charge in [-0.15, -0.1) is 0 Å². The molecule has 0 aliphatic heterocycles. The second-order valence-corrected chi connectivity index (χ2v) is 7.38. The first-order valence-electron chi connectivity index (χ1n) is 9.46. The number of hydrogen-bond acceptors (Lipinski definition) is 5. The minimum Gasteiger partial charge on any atom is -0.366 e. The molecule has 2 heterocycles. The van der Waals surface area contributed by atoms with Gasteiger partial charge in [-0.05, 0) is 55.9 Å². The number of nitrogens with two attached hydrogens (primary N) is 1. The van der Waals surface area contributed by atoms with Crippen molar-refractivity contribution in [3.05, 3.63) is 71.2 Å². The third-order valence-corrected chi connectivity index (χ3v) is 4.91. The van der Waals surface area contributed by atoms with Crippen LogP contribution in [0.1, 0.15) is 27.4 Å². The Morgan fingerprint density at radius 1 is 1.17 bits per heavy atom. The molecule has 0 aliphatic carbocycles. The van der Waals surface area contributed by atoms with Gasteiger partial charge in [-0.3, -0.25) is 4.79 Å². The van der Waals surface area contributed by atoms with Gasteiger partial charge in [-0.25, -0.2) is 0 Å². The number of benzene rings is 2. The molecule has 148 valence electrons. The second kappa shape index (κ2) is 7.89. The monoisotopic (exact) mass is 389 g/mol. The summed E-state index contributed by atoms with van der Waals surface area (Å²) in [7, 11) is 4.16. The van der Waals surface area contributed by atoms with Crippen molar-refractivity contribution in [3.63, 3.8) is 0 Å². The van der Waals surface area contributed by atoms with Crippen LogP contribution in [0.3, 0.4) is 0 Å². The van der Waals surface area contributed by atoms with E-state index in [1.165, 1.54) is 10.9 Å². The van der Waals surface area contributed by atoms with Crippen LogP contribution in [0.4, 0.5) is 0 Å². The van der Waals surface area contributed by atoms with Crippen molar-refractivity contribution in [1.82, 2.24) is 20.0 Å². The van der Waals surface area contributed by atoms with Gasteiger partial charge < -0.3 is 20.1 Å². The Hall–Kier alpha value is -3.45. The van der Waals surface area contributed by atoms with Crippen molar-refractivity contribution in [2.24, 2.45) is 5.73 Å². The Kier molecular flexibility index (Phi) is 5.14. The summed E-state index contributed by atoms with van der Waals surface area (Å²) in [5.41, 5.74) is 10.0. The van der Waals surface area contributed by atoms with Gasteiger partial charge in [-0.2, -0.15) is 4.98 Å². The number of likely N-dealkylation sites (N-methyl/N-ethyl adjacent to an activating group) is 1. The van der Waals surface area contributed by atoms with Crippen molar-refractivity contribution in [3.8, 4) is 11.4 Å². The normalized spacial score (nSPS) is 11.4. The van der Waals surface area contributed by atoms with Crippen LogP contribution in [-0.2, 0) is 12.8 Å². The molecule has 0 saturated heterocycles. The van der Waals surface area contributed by atoms with E-state index in [1.807, 2.05) is 0 Å². The van der Waals surface area contributed by atoms with E-state index in [1.54, 1.807) is 24.3 Å². The van der Waals surface area contributed by atoms with Crippen LogP contribution in [0.15, 0.2) is 53.2 Å². The predicted octanol–water partition coefficient (Wildman–Crippen LogP) is 3.01. The molecule has 2 aromatic heterocycles. The molecule has 2 aromatic carbocycles. The molecule has 7 heteroatoms. The van der Waals surface area contributed by atoms with E-state index in [-0.39, 0.29) is 0 Å². The number of aromatic amines is 1. The first kappa shape index (κ1) is 18.9. The number of carbonyl (C=O) groups is 1. The average Bonchev–Trinajstić information content (AvgIpc) is 3.33. The Labute approximate surface area is 168 Å². The standard InChI is InChI=1S/C22H23N5O2/c1-27(2)10-9-17-13-24-19-8-3-14(11-18(17)19)12-20-25-22(26-29-20)16-6-4-15(5-7-16)21(23)28/h3-8,11,13,24H,9-10,12H2,1-2H3,(H2,23,28). The van der Waals surface area contributed by atoms with Gasteiger partial charge in [-0.1, -0.05) is 23.4 Å². The zero-order valence-electron chi connectivity index (χ0n) is 16.5. The zero-order chi connectivity index (χ0) is 20.4. The fourth-order valence-electron chi connectivity index (χ4n) is 3.29. The summed E-state index contributed by atoms with van der Waals surface area (Å²) < 4.78 is 5.44. The number of H-pyrrole nitrogens is 1. The van der Waals surface area contributed by atoms with E-state index in [2.05, 4.69) is 58.5 Å². The molecule has 3 N–H and O–H groups in total. The highest BCUT2D eigenvalue weighted by atomic mass is 16.5. The number of carbonyl (C=O) groups excluding carboxylic acids is 1. The van der Waals surface area contributed by atoms with E-state index in [9.17, 15) is 4.79 Å². The Bertz CT molecular complexity index is 1140. The van der Waals surface area contributed by atoms with Crippen LogP contribution in [0, 0.1) is 0 Å². The Morgan fingerprint density at radius 3 is 2.69 bits per heavy atom. The molecule has 7 nitrogen and oxygen atoms in total. The molecule has 29 heavy (non-hydrogen) atoms. The van der Waals surface area contributed by atoms with Gasteiger partial charge in [0.05, 0.1) is 6.42 Å². The highest BCUT2D eigenvalue weighted by Gasteiger charge is 2.12. The van der Waals surface area contributed by atoms with Crippen molar-refractivity contribution in [1.29, 1.82) is 0 Å². The lowest BCUT2D eigenvalue weighted by Gasteiger charge is -2.08. The van der Waals surface area contributed by atoms with Crippen LogP contribution >= 0.6 is 0 Å². The Balaban J connectivity index is 1.53. The Morgan fingerprint density at radius 2 is 1.97 bits per heavy atom. The predicted molar refractivity (Wildman–Crippen MR) is 112 cm³/mol. The lowest BCUT2D eigenvalue weighted by Crippen LogP contribution is -2.14. The third-order valence-electron chi connectivity index (χ3n) is 4.91. The first-order valence-corrected chi connectivity index (χ1v) is 9.46. The lowest BCUT2D eigenvalue weighted by atomic mass is 10.1. The van der Waals surface area contributed by atoms with Crippen molar-refractivity contribution in [2.75, 3.05) is 20.6 Å². The molecule has 0 saturated carbocycles. The van der Waals surface area contributed by atoms with Gasteiger partial charge in [0.2, 0.25) is 17.6 Å². The first-order chi connectivity index (χ1) is 14.0. The minimum atomic E-state index is -0.463. The minimum absolute atomic E-state index is 0.447. The summed E-state index contributed by atoms with van der Waals surface area (Å²) in [6.07, 6.45) is 3.63. The van der Waals surface area contributed by atoms with Crippen LogP contribution in [0.25, 0.3) is 22.3 Å². The molecule has 1 amide bonds. The number of nitrogens with one attached hydrogen (secondary N) is 1. The smallest absolute Gasteiger partial charge is 0.248 e. The maximum absolute atomic E-state index is 11.2. The molecule has 0 radical (unpaired) electrons. The molecule has 4 aromatic rings. The average molecular weight is 389 g/mol. The molecular formula is C22H23N5O2. The molecule has 0 aliphatic rings. The molecule has 4 rings (SSSR count). The summed E-state index contributed by atoms with van der Waals surface area (Å²) in [5.74, 6) is 0.574. The quantitative estimate of drug-likeness (QED) is 0.506. The van der Waals surface area contributed by atoms with E-state index in [0.29, 0.717) is 23.7 Å². The highest BCUT2D eigenvalue weighted by Crippen LogP contribution is 2.23. The largest absolute Gasteiger partial charge is 0.366 e. The number of nitrogens with zero attached hydrogens (tertiary/aromatic N) is 3. The van der Waals surface area contributed by atoms with Crippen LogP contribution in [-0.4, -0.2) is 46.6 Å². The number of aromatic nitrogens is 3. The topological polar surface area (TPSA) is 101 Å². The van der Waals surface area contributed by atoms with E-state index in [0.717, 1.165) is 29.6 Å². The molecular weight excluding hydrogens is 366 g/mol. The summed E-state index contributed by atoms with van der Waals surface area (Å²) in [6, 6.07) is 13.2. The summed E-state index contributed by atoms with van der Waals surface area (Å²) >= 11 is 0. The third kappa shape index (κ3) is 4.20. The maximum atomic E-state index is 11.2.